The molecule has 10 nitrogen and oxygen atoms in total. The molecular formula is C32H44N2O8. The lowest BCUT2D eigenvalue weighted by atomic mass is 10.0. The number of nitrogens with one attached hydrogen (secondary N) is 2. The van der Waals surface area contributed by atoms with E-state index in [1.165, 1.54) is 0 Å². The maximum Gasteiger partial charge on any atom is 0.408 e. The second-order valence-electron chi connectivity index (χ2n) is 11.9. The second-order valence-corrected chi connectivity index (χ2v) is 11.9. The Labute approximate surface area is 248 Å². The van der Waals surface area contributed by atoms with Gasteiger partial charge in [-0.3, -0.25) is 0 Å². The van der Waals surface area contributed by atoms with Crippen molar-refractivity contribution in [2.75, 3.05) is 0 Å². The molecule has 0 heterocycles. The van der Waals surface area contributed by atoms with E-state index in [0.717, 1.165) is 11.1 Å². The number of hydrogen-bond acceptors (Lipinski definition) is 8. The van der Waals surface area contributed by atoms with E-state index >= 15 is 0 Å². The summed E-state index contributed by atoms with van der Waals surface area (Å²) in [6.45, 7) is 10.5. The summed E-state index contributed by atoms with van der Waals surface area (Å²) in [4.78, 5) is 50.7. The molecule has 230 valence electrons. The van der Waals surface area contributed by atoms with E-state index in [2.05, 4.69) is 10.6 Å². The van der Waals surface area contributed by atoms with Gasteiger partial charge in [0.25, 0.3) is 0 Å². The van der Waals surface area contributed by atoms with Crippen LogP contribution >= 0.6 is 0 Å². The number of ether oxygens (including phenoxy) is 4. The topological polar surface area (TPSA) is 129 Å². The molecule has 0 aliphatic carbocycles. The smallest absolute Gasteiger partial charge is 0.408 e. The highest BCUT2D eigenvalue weighted by molar-refractivity contribution is 5.82. The van der Waals surface area contributed by atoms with Gasteiger partial charge in [0.05, 0.1) is 0 Å². The molecule has 0 fully saturated rings. The summed E-state index contributed by atoms with van der Waals surface area (Å²) in [5.41, 5.74) is 0.130. The number of carbonyl (C=O) groups excluding carboxylic acids is 4. The minimum Gasteiger partial charge on any atom is -0.459 e. The van der Waals surface area contributed by atoms with Gasteiger partial charge in [-0.2, -0.15) is 0 Å². The van der Waals surface area contributed by atoms with Crippen molar-refractivity contribution in [3.05, 3.63) is 71.8 Å². The predicted octanol–water partition coefficient (Wildman–Crippen LogP) is 5.82. The molecule has 10 heteroatoms. The highest BCUT2D eigenvalue weighted by Crippen LogP contribution is 2.14. The number of carbonyl (C=O) groups is 4. The maximum atomic E-state index is 12.9. The first-order valence-corrected chi connectivity index (χ1v) is 14.1. The Bertz CT molecular complexity index is 1050. The molecule has 0 saturated heterocycles. The molecule has 0 bridgehead atoms. The van der Waals surface area contributed by atoms with Gasteiger partial charge in [-0.15, -0.1) is 0 Å². The van der Waals surface area contributed by atoms with E-state index in [-0.39, 0.29) is 26.1 Å². The van der Waals surface area contributed by atoms with Crippen molar-refractivity contribution in [2.45, 2.75) is 104 Å². The van der Waals surface area contributed by atoms with Crippen LogP contribution in [-0.4, -0.2) is 47.4 Å². The highest BCUT2D eigenvalue weighted by Gasteiger charge is 2.28. The lowest BCUT2D eigenvalue weighted by Gasteiger charge is -2.24. The van der Waals surface area contributed by atoms with Gasteiger partial charge in [0.1, 0.15) is 36.5 Å². The van der Waals surface area contributed by atoms with E-state index in [1.54, 1.807) is 41.5 Å². The lowest BCUT2D eigenvalue weighted by Crippen LogP contribution is -2.45. The average molecular weight is 585 g/mol. The fourth-order valence-electron chi connectivity index (χ4n) is 3.75. The molecule has 0 radical (unpaired) electrons. The summed E-state index contributed by atoms with van der Waals surface area (Å²) in [7, 11) is 0. The summed E-state index contributed by atoms with van der Waals surface area (Å²) >= 11 is 0. The standard InChI is InChI=1S/C32H44N2O8/c1-31(2,3)41-29(37)33-25(27(35)39-21-23-15-9-7-10-16-23)19-13-14-20-26(34-30(38)42-32(4,5)6)28(36)40-22-24-17-11-8-12-18-24/h7-12,15-18,25-26H,13-14,19-22H2,1-6H3,(H,33,37)(H,34,38)/t25-,26?/m1/s1. The van der Waals surface area contributed by atoms with Crippen molar-refractivity contribution in [1.82, 2.24) is 10.6 Å². The van der Waals surface area contributed by atoms with Crippen LogP contribution in [0.1, 0.15) is 78.4 Å². The van der Waals surface area contributed by atoms with Crippen molar-refractivity contribution in [3.8, 4) is 0 Å². The number of unbranched alkanes of at least 4 members (excludes halogenated alkanes) is 1. The molecule has 2 aromatic rings. The zero-order chi connectivity index (χ0) is 31.2. The van der Waals surface area contributed by atoms with Crippen molar-refractivity contribution in [3.63, 3.8) is 0 Å². The van der Waals surface area contributed by atoms with Crippen LogP contribution in [0.15, 0.2) is 60.7 Å². The number of amides is 2. The number of alkyl carbamates (subject to hydrolysis) is 2. The van der Waals surface area contributed by atoms with Gasteiger partial charge in [-0.25, -0.2) is 19.2 Å². The van der Waals surface area contributed by atoms with Gasteiger partial charge in [0, 0.05) is 0 Å². The Balaban J connectivity index is 2.01. The summed E-state index contributed by atoms with van der Waals surface area (Å²) in [6.07, 6.45) is -0.161. The summed E-state index contributed by atoms with van der Waals surface area (Å²) in [6, 6.07) is 16.5. The largest absolute Gasteiger partial charge is 0.459 e. The van der Waals surface area contributed by atoms with Crippen LogP contribution in [-0.2, 0) is 41.8 Å². The van der Waals surface area contributed by atoms with E-state index in [9.17, 15) is 19.2 Å². The lowest BCUT2D eigenvalue weighted by molar-refractivity contribution is -0.148. The Hall–Kier alpha value is -4.08. The monoisotopic (exact) mass is 584 g/mol. The molecule has 0 spiro atoms. The van der Waals surface area contributed by atoms with Crippen LogP contribution in [0.5, 0.6) is 0 Å². The Morgan fingerprint density at radius 1 is 0.595 bits per heavy atom. The zero-order valence-electron chi connectivity index (χ0n) is 25.4. The zero-order valence-corrected chi connectivity index (χ0v) is 25.4. The Morgan fingerprint density at radius 3 is 1.24 bits per heavy atom. The molecule has 42 heavy (non-hydrogen) atoms. The molecule has 1 unspecified atom stereocenters. The Morgan fingerprint density at radius 2 is 0.929 bits per heavy atom. The van der Waals surface area contributed by atoms with Gasteiger partial charge in [-0.05, 0) is 65.5 Å². The molecule has 2 N–H and O–H groups in total. The van der Waals surface area contributed by atoms with Crippen molar-refractivity contribution in [1.29, 1.82) is 0 Å². The Kier molecular flexibility index (Phi) is 13.3. The SMILES string of the molecule is CC(C)(C)OC(=O)NC(CCCC[C@@H](NC(=O)OC(C)(C)C)C(=O)OCc1ccccc1)C(=O)OCc1ccccc1. The molecule has 0 aliphatic rings. The van der Waals surface area contributed by atoms with Crippen molar-refractivity contribution in [2.24, 2.45) is 0 Å². The third-order valence-corrected chi connectivity index (χ3v) is 5.63. The van der Waals surface area contributed by atoms with Crippen molar-refractivity contribution >= 4 is 24.1 Å². The van der Waals surface area contributed by atoms with E-state index < -0.39 is 47.4 Å². The molecule has 0 aliphatic heterocycles. The molecule has 2 amide bonds. The van der Waals surface area contributed by atoms with E-state index in [0.29, 0.717) is 12.8 Å². The molecule has 0 saturated carbocycles. The van der Waals surface area contributed by atoms with Crippen LogP contribution in [0.2, 0.25) is 0 Å². The summed E-state index contributed by atoms with van der Waals surface area (Å²) in [5.74, 6) is -1.20. The van der Waals surface area contributed by atoms with E-state index in [1.807, 2.05) is 60.7 Å². The van der Waals surface area contributed by atoms with Crippen LogP contribution in [0.3, 0.4) is 0 Å². The molecule has 2 rings (SSSR count). The van der Waals surface area contributed by atoms with Gasteiger partial charge in [0.2, 0.25) is 0 Å². The number of benzene rings is 2. The second kappa shape index (κ2) is 16.4. The third kappa shape index (κ3) is 14.5. The first-order chi connectivity index (χ1) is 19.7. The molecule has 2 atom stereocenters. The number of hydrogen-bond donors (Lipinski definition) is 2. The van der Waals surface area contributed by atoms with Gasteiger partial charge in [-0.1, -0.05) is 73.5 Å². The van der Waals surface area contributed by atoms with E-state index in [4.69, 9.17) is 18.9 Å². The molecular weight excluding hydrogens is 540 g/mol. The quantitative estimate of drug-likeness (QED) is 0.171. The van der Waals surface area contributed by atoms with Gasteiger partial charge < -0.3 is 29.6 Å². The normalized spacial score (nSPS) is 12.8. The molecule has 2 aromatic carbocycles. The molecule has 0 aromatic heterocycles. The highest BCUT2D eigenvalue weighted by atomic mass is 16.6. The first kappa shape index (κ1) is 34.1. The van der Waals surface area contributed by atoms with Crippen LogP contribution in [0, 0.1) is 0 Å². The van der Waals surface area contributed by atoms with Crippen LogP contribution in [0.25, 0.3) is 0 Å². The fourth-order valence-corrected chi connectivity index (χ4v) is 3.75. The first-order valence-electron chi connectivity index (χ1n) is 14.1. The number of esters is 2. The van der Waals surface area contributed by atoms with Gasteiger partial charge in [0.15, 0.2) is 0 Å². The maximum absolute atomic E-state index is 12.9. The predicted molar refractivity (Wildman–Crippen MR) is 157 cm³/mol. The summed E-state index contributed by atoms with van der Waals surface area (Å²) in [5, 5.41) is 5.20. The van der Waals surface area contributed by atoms with Gasteiger partial charge >= 0.3 is 24.1 Å². The minimum absolute atomic E-state index is 0.0569. The third-order valence-electron chi connectivity index (χ3n) is 5.63. The van der Waals surface area contributed by atoms with Crippen LogP contribution in [0.4, 0.5) is 9.59 Å². The van der Waals surface area contributed by atoms with Crippen molar-refractivity contribution < 1.29 is 38.1 Å². The number of rotatable bonds is 13. The average Bonchev–Trinajstić information content (AvgIpc) is 2.90. The summed E-state index contributed by atoms with van der Waals surface area (Å²) < 4.78 is 21.6. The fraction of sp³-hybridized carbons (Fsp3) is 0.500. The minimum atomic E-state index is -0.967. The van der Waals surface area contributed by atoms with Crippen LogP contribution < -0.4 is 10.6 Å².